The van der Waals surface area contributed by atoms with Crippen molar-refractivity contribution in [3.05, 3.63) is 29.1 Å². The Labute approximate surface area is 148 Å². The normalized spacial score (nSPS) is 12.9. The van der Waals surface area contributed by atoms with E-state index < -0.39 is 11.2 Å². The molecule has 0 bridgehead atoms. The number of thiophene rings is 2. The van der Waals surface area contributed by atoms with Gasteiger partial charge in [0.05, 0.1) is 11.2 Å². The number of rotatable bonds is 7. The third kappa shape index (κ3) is 4.93. The molecule has 2 nitrogen and oxygen atoms in total. The molecular formula is C18H26BO2S2. The van der Waals surface area contributed by atoms with Crippen molar-refractivity contribution < 1.29 is 9.76 Å². The molecule has 0 saturated heterocycles. The van der Waals surface area contributed by atoms with Crippen molar-refractivity contribution in [3.63, 3.8) is 0 Å². The first kappa shape index (κ1) is 18.7. The summed E-state index contributed by atoms with van der Waals surface area (Å²) in [4.78, 5) is 4.02. The van der Waals surface area contributed by atoms with E-state index in [4.69, 9.17) is 4.65 Å². The highest BCUT2D eigenvalue weighted by molar-refractivity contribution is 7.27. The van der Waals surface area contributed by atoms with Gasteiger partial charge in [-0.1, -0.05) is 19.9 Å². The van der Waals surface area contributed by atoms with Crippen LogP contribution in [-0.4, -0.2) is 23.8 Å². The first-order valence-corrected chi connectivity index (χ1v) is 9.64. The van der Waals surface area contributed by atoms with E-state index in [1.807, 2.05) is 25.2 Å². The molecule has 0 saturated carbocycles. The topological polar surface area (TPSA) is 29.5 Å². The van der Waals surface area contributed by atoms with Gasteiger partial charge < -0.3 is 9.76 Å². The number of hydrogen-bond donors (Lipinski definition) is 1. The minimum absolute atomic E-state index is 0.634. The Kier molecular flexibility index (Phi) is 5.78. The van der Waals surface area contributed by atoms with Crippen LogP contribution in [0.3, 0.4) is 0 Å². The van der Waals surface area contributed by atoms with Gasteiger partial charge in [-0.2, -0.15) is 0 Å². The van der Waals surface area contributed by atoms with E-state index in [0.29, 0.717) is 5.92 Å². The Balaban J connectivity index is 2.02. The van der Waals surface area contributed by atoms with Gasteiger partial charge in [0, 0.05) is 19.4 Å². The summed E-state index contributed by atoms with van der Waals surface area (Å²) in [6.45, 7) is 11.8. The summed E-state index contributed by atoms with van der Waals surface area (Å²) in [5.74, 6) is 0.686. The molecule has 2 aromatic heterocycles. The molecule has 23 heavy (non-hydrogen) atoms. The van der Waals surface area contributed by atoms with Gasteiger partial charge in [0.2, 0.25) is 0 Å². The summed E-state index contributed by atoms with van der Waals surface area (Å²) in [6.07, 6.45) is 1.14. The van der Waals surface area contributed by atoms with Crippen LogP contribution >= 0.6 is 22.7 Å². The molecular weight excluding hydrogens is 323 g/mol. The van der Waals surface area contributed by atoms with Crippen molar-refractivity contribution in [3.8, 4) is 9.75 Å². The van der Waals surface area contributed by atoms with Crippen LogP contribution in [0.15, 0.2) is 24.3 Å². The second-order valence-corrected chi connectivity index (χ2v) is 9.65. The molecule has 2 aromatic rings. The maximum Gasteiger partial charge on any atom is 0.341 e. The Hall–Kier alpha value is -0.615. The van der Waals surface area contributed by atoms with Gasteiger partial charge in [-0.05, 0) is 58.2 Å². The van der Waals surface area contributed by atoms with Gasteiger partial charge >= 0.3 is 7.48 Å². The van der Waals surface area contributed by atoms with Crippen molar-refractivity contribution in [2.24, 2.45) is 5.92 Å². The summed E-state index contributed by atoms with van der Waals surface area (Å²) in [5.41, 5.74) is -1.53. The van der Waals surface area contributed by atoms with Crippen molar-refractivity contribution in [1.29, 1.82) is 0 Å². The predicted molar refractivity (Wildman–Crippen MR) is 103 cm³/mol. The zero-order valence-corrected chi connectivity index (χ0v) is 16.5. The zero-order chi connectivity index (χ0) is 17.3. The van der Waals surface area contributed by atoms with Crippen molar-refractivity contribution in [1.82, 2.24) is 0 Å². The largest absolute Gasteiger partial charge is 0.426 e. The lowest BCUT2D eigenvalue weighted by Crippen LogP contribution is -2.49. The van der Waals surface area contributed by atoms with Crippen LogP contribution in [0, 0.1) is 5.92 Å². The summed E-state index contributed by atoms with van der Waals surface area (Å²) in [5, 5.41) is 10.1. The average Bonchev–Trinajstić information content (AvgIpc) is 3.03. The van der Waals surface area contributed by atoms with Crippen LogP contribution in [0.25, 0.3) is 9.75 Å². The molecule has 2 rings (SSSR count). The van der Waals surface area contributed by atoms with E-state index in [-0.39, 0.29) is 0 Å². The van der Waals surface area contributed by atoms with Crippen LogP contribution in [0.2, 0.25) is 0 Å². The molecule has 5 heteroatoms. The molecule has 0 fully saturated rings. The standard InChI is InChI=1S/C18H26BO2S2/c1-12(2)11-13-7-8-14(22-13)15-9-10-16(23-15)19-21-18(5,6)17(3,4)20/h7-10,12,20H,11H2,1-6H3. The van der Waals surface area contributed by atoms with Gasteiger partial charge in [-0.15, -0.1) is 22.7 Å². The number of hydrogen-bond acceptors (Lipinski definition) is 4. The van der Waals surface area contributed by atoms with Crippen LogP contribution in [0.4, 0.5) is 0 Å². The highest BCUT2D eigenvalue weighted by Gasteiger charge is 2.35. The maximum atomic E-state index is 10.1. The molecule has 0 aliphatic carbocycles. The Morgan fingerprint density at radius 3 is 2.26 bits per heavy atom. The molecule has 0 atom stereocenters. The van der Waals surface area contributed by atoms with Crippen LogP contribution in [0.1, 0.15) is 46.4 Å². The maximum absolute atomic E-state index is 10.1. The van der Waals surface area contributed by atoms with Crippen LogP contribution in [0.5, 0.6) is 0 Å². The van der Waals surface area contributed by atoms with E-state index in [9.17, 15) is 5.11 Å². The lowest BCUT2D eigenvalue weighted by atomic mass is 9.86. The molecule has 0 unspecified atom stereocenters. The highest BCUT2D eigenvalue weighted by atomic mass is 32.1. The lowest BCUT2D eigenvalue weighted by molar-refractivity contribution is -0.0892. The van der Waals surface area contributed by atoms with E-state index in [1.54, 1.807) is 32.7 Å². The SMILES string of the molecule is CC(C)Cc1ccc(-c2ccc([B]OC(C)(C)C(C)(C)O)s2)s1. The Morgan fingerprint density at radius 1 is 1.04 bits per heavy atom. The molecule has 1 radical (unpaired) electrons. The fourth-order valence-corrected chi connectivity index (χ4v) is 4.10. The van der Waals surface area contributed by atoms with E-state index in [1.165, 1.54) is 14.6 Å². The van der Waals surface area contributed by atoms with Crippen molar-refractivity contribution in [2.75, 3.05) is 0 Å². The van der Waals surface area contributed by atoms with Crippen molar-refractivity contribution >= 4 is 34.9 Å². The fraction of sp³-hybridized carbons (Fsp3) is 0.556. The highest BCUT2D eigenvalue weighted by Crippen LogP contribution is 2.32. The molecule has 0 aliphatic rings. The lowest BCUT2D eigenvalue weighted by Gasteiger charge is -2.37. The average molecular weight is 349 g/mol. The predicted octanol–water partition coefficient (Wildman–Crippen LogP) is 4.49. The van der Waals surface area contributed by atoms with E-state index in [0.717, 1.165) is 11.2 Å². The van der Waals surface area contributed by atoms with Crippen molar-refractivity contribution in [2.45, 2.75) is 59.2 Å². The monoisotopic (exact) mass is 349 g/mol. The van der Waals surface area contributed by atoms with E-state index >= 15 is 0 Å². The zero-order valence-electron chi connectivity index (χ0n) is 14.8. The second kappa shape index (κ2) is 7.10. The Morgan fingerprint density at radius 2 is 1.65 bits per heavy atom. The van der Waals surface area contributed by atoms with Crippen LogP contribution in [-0.2, 0) is 11.1 Å². The summed E-state index contributed by atoms with van der Waals surface area (Å²) in [6, 6.07) is 8.65. The minimum atomic E-state index is -0.900. The van der Waals surface area contributed by atoms with E-state index in [2.05, 4.69) is 38.1 Å². The molecule has 0 aromatic carbocycles. The second-order valence-electron chi connectivity index (χ2n) is 7.37. The minimum Gasteiger partial charge on any atom is -0.426 e. The fourth-order valence-electron chi connectivity index (χ4n) is 1.92. The molecule has 2 heterocycles. The molecule has 0 amide bonds. The summed E-state index contributed by atoms with van der Waals surface area (Å²) >= 11 is 3.59. The molecule has 125 valence electrons. The van der Waals surface area contributed by atoms with Gasteiger partial charge in [0.1, 0.15) is 0 Å². The first-order chi connectivity index (χ1) is 10.6. The summed E-state index contributed by atoms with van der Waals surface area (Å²) in [7, 11) is 1.76. The van der Waals surface area contributed by atoms with Crippen LogP contribution < -0.4 is 4.78 Å². The smallest absolute Gasteiger partial charge is 0.341 e. The van der Waals surface area contributed by atoms with Gasteiger partial charge in [0.15, 0.2) is 0 Å². The molecule has 0 aliphatic heterocycles. The van der Waals surface area contributed by atoms with Gasteiger partial charge in [0.25, 0.3) is 0 Å². The number of aliphatic hydroxyl groups is 1. The molecule has 1 N–H and O–H groups in total. The summed E-state index contributed by atoms with van der Waals surface area (Å²) < 4.78 is 6.89. The van der Waals surface area contributed by atoms with Gasteiger partial charge in [-0.25, -0.2) is 0 Å². The Bertz CT molecular complexity index is 635. The quantitative estimate of drug-likeness (QED) is 0.747. The first-order valence-electron chi connectivity index (χ1n) is 8.01. The third-order valence-electron chi connectivity index (χ3n) is 4.08. The third-order valence-corrected chi connectivity index (χ3v) is 6.40. The van der Waals surface area contributed by atoms with Gasteiger partial charge in [-0.3, -0.25) is 0 Å². The molecule has 0 spiro atoms.